The van der Waals surface area contributed by atoms with Crippen LogP contribution in [0, 0.1) is 17.8 Å². The number of aliphatic hydroxyl groups is 4. The predicted molar refractivity (Wildman–Crippen MR) is 130 cm³/mol. The van der Waals surface area contributed by atoms with E-state index in [9.17, 15) is 24.9 Å². The summed E-state index contributed by atoms with van der Waals surface area (Å²) >= 11 is 0. The van der Waals surface area contributed by atoms with Gasteiger partial charge in [0.25, 0.3) is 0 Å². The quantitative estimate of drug-likeness (QED) is 0.298. The molecular formula is C27H38N2O8. The lowest BCUT2D eigenvalue weighted by Crippen LogP contribution is -2.83. The molecule has 6 aliphatic rings. The zero-order valence-corrected chi connectivity index (χ0v) is 21.5. The van der Waals surface area contributed by atoms with E-state index in [2.05, 4.69) is 50.1 Å². The Morgan fingerprint density at radius 2 is 1.84 bits per heavy atom. The molecule has 5 fully saturated rings. The van der Waals surface area contributed by atoms with E-state index in [0.29, 0.717) is 35.9 Å². The molecule has 10 nitrogen and oxygen atoms in total. The number of likely N-dealkylation sites (N-methyl/N-ethyl adjacent to an activating group) is 1. The van der Waals surface area contributed by atoms with Gasteiger partial charge in [-0.3, -0.25) is 4.48 Å². The number of carboxylic acid groups (broad SMARTS) is 2. The third-order valence-corrected chi connectivity index (χ3v) is 10.5. The fraction of sp³-hybridized carbons (Fsp3) is 0.704. The van der Waals surface area contributed by atoms with E-state index in [4.69, 9.17) is 15.3 Å². The van der Waals surface area contributed by atoms with Crippen LogP contribution in [0.15, 0.2) is 24.3 Å². The summed E-state index contributed by atoms with van der Waals surface area (Å²) in [6.45, 7) is 5.56. The van der Waals surface area contributed by atoms with Crippen molar-refractivity contribution >= 4 is 17.6 Å². The molecule has 0 radical (unpaired) electrons. The Balaban J connectivity index is 0.000000241. The summed E-state index contributed by atoms with van der Waals surface area (Å²) in [7, 11) is 2.23. The molecule has 5 N–H and O–H groups in total. The van der Waals surface area contributed by atoms with Crippen LogP contribution in [0.25, 0.3) is 0 Å². The second-order valence-electron chi connectivity index (χ2n) is 11.6. The number of benzene rings is 1. The number of hydrogen-bond donors (Lipinski definition) is 5. The highest BCUT2D eigenvalue weighted by atomic mass is 16.4. The fourth-order valence-electron chi connectivity index (χ4n) is 9.49. The van der Waals surface area contributed by atoms with E-state index in [0.717, 1.165) is 30.3 Å². The molecule has 5 aliphatic heterocycles. The van der Waals surface area contributed by atoms with Gasteiger partial charge in [0.15, 0.2) is 12.3 Å². The molecule has 0 aromatic heterocycles. The molecule has 37 heavy (non-hydrogen) atoms. The van der Waals surface area contributed by atoms with Crippen LogP contribution in [0.3, 0.4) is 0 Å². The third-order valence-electron chi connectivity index (χ3n) is 10.5. The van der Waals surface area contributed by atoms with Crippen LogP contribution in [0.2, 0.25) is 0 Å². The van der Waals surface area contributed by atoms with Crippen LogP contribution in [0.1, 0.15) is 45.1 Å². The van der Waals surface area contributed by atoms with Gasteiger partial charge in [0.05, 0.1) is 36.1 Å². The van der Waals surface area contributed by atoms with Crippen molar-refractivity contribution in [2.45, 2.75) is 87.6 Å². The number of aliphatic hydroxyl groups excluding tert-OH is 4. The van der Waals surface area contributed by atoms with Crippen molar-refractivity contribution in [1.29, 1.82) is 0 Å². The van der Waals surface area contributed by atoms with Crippen LogP contribution < -0.4 is 10.0 Å². The highest BCUT2D eigenvalue weighted by molar-refractivity contribution is 5.82. The second kappa shape index (κ2) is 8.91. The van der Waals surface area contributed by atoms with Crippen LogP contribution in [-0.4, -0.2) is 98.2 Å². The van der Waals surface area contributed by atoms with E-state index in [1.54, 1.807) is 0 Å². The SMILES string of the molecule is CCC[N+]12[C@H](O)[C@@H](CC)[C@@H]3C[C@H]1[C@@H]1N(C)c4ccccc4[C@]14C[C@H]2[C@@H]3[C@H]4O.O=C([O-])C(O)C(O)C(=O)O. The van der Waals surface area contributed by atoms with Crippen molar-refractivity contribution < 1.29 is 44.7 Å². The minimum absolute atomic E-state index is 0.127. The first-order valence-electron chi connectivity index (χ1n) is 13.4. The maximum absolute atomic E-state index is 11.9. The fourth-order valence-corrected chi connectivity index (χ4v) is 9.49. The molecular weight excluding hydrogens is 480 g/mol. The van der Waals surface area contributed by atoms with Crippen LogP contribution in [0.5, 0.6) is 0 Å². The number of rotatable bonds is 6. The number of nitrogens with zero attached hydrogens (tertiary/aromatic N) is 2. The van der Waals surface area contributed by atoms with Gasteiger partial charge in [-0.1, -0.05) is 32.0 Å². The molecule has 4 saturated heterocycles. The summed E-state index contributed by atoms with van der Waals surface area (Å²) in [6, 6.07) is 9.97. The Kier molecular flexibility index (Phi) is 6.35. The van der Waals surface area contributed by atoms with Crippen molar-refractivity contribution in [3.63, 3.8) is 0 Å². The third kappa shape index (κ3) is 3.16. The number of fused-ring (bicyclic) bond motifs is 2. The number of piperidine rings is 4. The summed E-state index contributed by atoms with van der Waals surface area (Å²) in [5.41, 5.74) is 2.56. The smallest absolute Gasteiger partial charge is 0.335 e. The molecule has 10 heteroatoms. The van der Waals surface area contributed by atoms with Gasteiger partial charge in [-0.25, -0.2) is 4.79 Å². The standard InChI is InChI=1S/C23H33N2O2.C4H6O6/c1-4-10-25-17-11-14(13(5-2)22(25)27)19-18(25)12-23(21(19)26)15-8-6-7-9-16(15)24(3)20(17)23;5-1(3(7)8)2(6)4(9)10/h6-9,13-14,17-22,26-27H,4-5,10-12H2,1-3H3;1-2,5-6H,(H,7,8)(H,9,10)/q+1;/p-1/t13-,14-,17-,18-,19+,20-,21+,22+,23+,25?;/m0./s1. The number of carbonyl (C=O) groups is 2. The number of quaternary nitrogens is 1. The molecule has 204 valence electrons. The van der Waals surface area contributed by atoms with Gasteiger partial charge in [-0.15, -0.1) is 0 Å². The van der Waals surface area contributed by atoms with Gasteiger partial charge in [0.2, 0.25) is 0 Å². The number of hydrogen-bond acceptors (Lipinski definition) is 8. The van der Waals surface area contributed by atoms with E-state index >= 15 is 0 Å². The molecule has 7 rings (SSSR count). The van der Waals surface area contributed by atoms with E-state index < -0.39 is 24.1 Å². The Morgan fingerprint density at radius 1 is 1.16 bits per heavy atom. The molecule has 5 bridgehead atoms. The van der Waals surface area contributed by atoms with Crippen LogP contribution in [0.4, 0.5) is 5.69 Å². The van der Waals surface area contributed by atoms with Gasteiger partial charge >= 0.3 is 5.97 Å². The first-order chi connectivity index (χ1) is 17.5. The summed E-state index contributed by atoms with van der Waals surface area (Å²) < 4.78 is 0.873. The van der Waals surface area contributed by atoms with Crippen molar-refractivity contribution in [2.75, 3.05) is 18.5 Å². The van der Waals surface area contributed by atoms with Crippen molar-refractivity contribution in [1.82, 2.24) is 0 Å². The first-order valence-corrected chi connectivity index (χ1v) is 13.4. The Morgan fingerprint density at radius 3 is 2.41 bits per heavy atom. The predicted octanol–water partition coefficient (Wildman–Crippen LogP) is -0.978. The summed E-state index contributed by atoms with van der Waals surface area (Å²) in [5, 5.41) is 57.7. The van der Waals surface area contributed by atoms with Gasteiger partial charge in [-0.05, 0) is 30.4 Å². The minimum atomic E-state index is -2.38. The summed E-state index contributed by atoms with van der Waals surface area (Å²) in [5.74, 6) is -2.65. The average Bonchev–Trinajstić information content (AvgIpc) is 3.26. The van der Waals surface area contributed by atoms with Gasteiger partial charge in [-0.2, -0.15) is 0 Å². The molecule has 1 aromatic carbocycles. The molecule has 3 unspecified atom stereocenters. The molecule has 1 saturated carbocycles. The lowest BCUT2D eigenvalue weighted by atomic mass is 9.60. The molecule has 12 atom stereocenters. The largest absolute Gasteiger partial charge is 0.547 e. The maximum atomic E-state index is 11.9. The molecule has 0 amide bonds. The average molecular weight is 519 g/mol. The Bertz CT molecular complexity index is 1070. The van der Waals surface area contributed by atoms with E-state index in [-0.39, 0.29) is 17.7 Å². The van der Waals surface area contributed by atoms with Crippen LogP contribution >= 0.6 is 0 Å². The normalized spacial score (nSPS) is 43.5. The highest BCUT2D eigenvalue weighted by Gasteiger charge is 2.82. The minimum Gasteiger partial charge on any atom is -0.547 e. The molecule has 5 heterocycles. The van der Waals surface area contributed by atoms with Crippen LogP contribution in [-0.2, 0) is 15.0 Å². The van der Waals surface area contributed by atoms with Gasteiger partial charge in [0, 0.05) is 37.4 Å². The lowest BCUT2D eigenvalue weighted by molar-refractivity contribution is -1.04. The Labute approximate surface area is 216 Å². The monoisotopic (exact) mass is 518 g/mol. The molecule has 1 aliphatic carbocycles. The number of anilines is 1. The van der Waals surface area contributed by atoms with Gasteiger partial charge in [0.1, 0.15) is 12.1 Å². The van der Waals surface area contributed by atoms with Gasteiger partial charge < -0.3 is 40.3 Å². The van der Waals surface area contributed by atoms with E-state index in [1.165, 1.54) is 17.7 Å². The molecule has 1 aromatic rings. The topological polar surface area (TPSA) is 162 Å². The summed E-state index contributed by atoms with van der Waals surface area (Å²) in [4.78, 5) is 21.9. The zero-order chi connectivity index (χ0) is 27.0. The number of aliphatic carboxylic acids is 2. The number of carboxylic acids is 2. The van der Waals surface area contributed by atoms with Crippen molar-refractivity contribution in [2.24, 2.45) is 17.8 Å². The number of para-hydroxylation sites is 1. The van der Waals surface area contributed by atoms with E-state index in [1.807, 2.05) is 0 Å². The van der Waals surface area contributed by atoms with Crippen molar-refractivity contribution in [3.8, 4) is 0 Å². The maximum Gasteiger partial charge on any atom is 0.335 e. The second-order valence-corrected chi connectivity index (χ2v) is 11.6. The lowest BCUT2D eigenvalue weighted by Gasteiger charge is -2.68. The zero-order valence-electron chi connectivity index (χ0n) is 21.5. The molecule has 1 spiro atoms. The summed E-state index contributed by atoms with van der Waals surface area (Å²) in [6.07, 6.45) is -0.869. The first kappa shape index (κ1) is 26.4. The highest BCUT2D eigenvalue weighted by Crippen LogP contribution is 2.71. The van der Waals surface area contributed by atoms with Crippen molar-refractivity contribution in [3.05, 3.63) is 29.8 Å². The Hall–Kier alpha value is -2.24. The number of carbonyl (C=O) groups excluding carboxylic acids is 1.